The van der Waals surface area contributed by atoms with Gasteiger partial charge in [-0.25, -0.2) is 8.42 Å². The van der Waals surface area contributed by atoms with Crippen molar-refractivity contribution in [2.45, 2.75) is 38.0 Å². The fourth-order valence-electron chi connectivity index (χ4n) is 3.99. The lowest BCUT2D eigenvalue weighted by molar-refractivity contribution is -0.121. The summed E-state index contributed by atoms with van der Waals surface area (Å²) in [7, 11) is -3.10. The van der Waals surface area contributed by atoms with Gasteiger partial charge in [0.15, 0.2) is 15.0 Å². The summed E-state index contributed by atoms with van der Waals surface area (Å²) >= 11 is 1.40. The summed E-state index contributed by atoms with van der Waals surface area (Å²) in [6.45, 7) is 3.97. The molecule has 164 valence electrons. The number of benzene rings is 2. The molecule has 0 N–H and O–H groups in total. The summed E-state index contributed by atoms with van der Waals surface area (Å²) in [6.07, 6.45) is 1.48. The van der Waals surface area contributed by atoms with Gasteiger partial charge in [0.2, 0.25) is 0 Å². The van der Waals surface area contributed by atoms with E-state index in [2.05, 4.69) is 4.99 Å². The molecule has 6 nitrogen and oxygen atoms in total. The Morgan fingerprint density at radius 2 is 1.71 bits per heavy atom. The van der Waals surface area contributed by atoms with Crippen LogP contribution in [0.4, 0.5) is 5.69 Å². The molecule has 0 bridgehead atoms. The van der Waals surface area contributed by atoms with Crippen LogP contribution in [0.3, 0.4) is 0 Å². The number of amidine groups is 1. The van der Waals surface area contributed by atoms with Crippen LogP contribution in [0.1, 0.15) is 26.7 Å². The highest BCUT2D eigenvalue weighted by molar-refractivity contribution is 8.16. The molecular weight excluding hydrogens is 432 g/mol. The van der Waals surface area contributed by atoms with Crippen LogP contribution < -0.4 is 9.64 Å². The number of nitrogens with zero attached hydrogens (tertiary/aromatic N) is 2. The number of fused-ring (bicyclic) bond motifs is 1. The minimum atomic E-state index is -3.10. The minimum absolute atomic E-state index is 0.0745. The summed E-state index contributed by atoms with van der Waals surface area (Å²) in [5.74, 6) is 1.37. The van der Waals surface area contributed by atoms with E-state index in [9.17, 15) is 13.2 Å². The maximum atomic E-state index is 12.7. The number of ether oxygens (including phenoxy) is 1. The molecule has 2 aromatic carbocycles. The first-order valence-electron chi connectivity index (χ1n) is 10.5. The van der Waals surface area contributed by atoms with Crippen LogP contribution in [-0.4, -0.2) is 42.3 Å². The van der Waals surface area contributed by atoms with Gasteiger partial charge in [-0.15, -0.1) is 0 Å². The standard InChI is InChI=1S/C23H26N2O4S2/c1-3-16(4-2)22(26)24-23-25(20-14-31(27,28)15-21(20)30-23)17-10-12-19(13-11-17)29-18-8-6-5-7-9-18/h5-13,16,20-21H,3-4,14-15H2,1-2H3/t20-,21-/m0/s1. The Labute approximate surface area is 187 Å². The van der Waals surface area contributed by atoms with Crippen LogP contribution in [0.25, 0.3) is 0 Å². The van der Waals surface area contributed by atoms with Crippen molar-refractivity contribution in [1.82, 2.24) is 0 Å². The Morgan fingerprint density at radius 1 is 1.06 bits per heavy atom. The molecule has 2 aliphatic rings. The van der Waals surface area contributed by atoms with E-state index >= 15 is 0 Å². The van der Waals surface area contributed by atoms with Crippen molar-refractivity contribution in [3.05, 3.63) is 54.6 Å². The number of thioether (sulfide) groups is 1. The first-order valence-corrected chi connectivity index (χ1v) is 13.2. The summed E-state index contributed by atoms with van der Waals surface area (Å²) < 4.78 is 30.3. The summed E-state index contributed by atoms with van der Waals surface area (Å²) in [4.78, 5) is 19.0. The number of para-hydroxylation sites is 1. The lowest BCUT2D eigenvalue weighted by Crippen LogP contribution is -2.37. The van der Waals surface area contributed by atoms with Crippen LogP contribution >= 0.6 is 11.8 Å². The van der Waals surface area contributed by atoms with Gasteiger partial charge in [-0.1, -0.05) is 43.8 Å². The van der Waals surface area contributed by atoms with Crippen LogP contribution in [0, 0.1) is 5.92 Å². The van der Waals surface area contributed by atoms with Gasteiger partial charge in [-0.3, -0.25) is 4.79 Å². The maximum Gasteiger partial charge on any atom is 0.251 e. The molecule has 0 unspecified atom stereocenters. The van der Waals surface area contributed by atoms with E-state index in [-0.39, 0.29) is 34.6 Å². The molecule has 4 rings (SSSR count). The van der Waals surface area contributed by atoms with Gasteiger partial charge in [0.1, 0.15) is 11.5 Å². The van der Waals surface area contributed by atoms with Crippen molar-refractivity contribution in [2.75, 3.05) is 16.4 Å². The number of anilines is 1. The average Bonchev–Trinajstić information content (AvgIpc) is 3.21. The molecule has 1 amide bonds. The second kappa shape index (κ2) is 9.04. The third kappa shape index (κ3) is 4.80. The van der Waals surface area contributed by atoms with Gasteiger partial charge in [0.05, 0.1) is 17.5 Å². The lowest BCUT2D eigenvalue weighted by atomic mass is 10.0. The maximum absolute atomic E-state index is 12.7. The number of amides is 1. The van der Waals surface area contributed by atoms with E-state index in [1.165, 1.54) is 11.8 Å². The fourth-order valence-corrected chi connectivity index (χ4v) is 7.91. The van der Waals surface area contributed by atoms with Crippen molar-refractivity contribution < 1.29 is 17.9 Å². The highest BCUT2D eigenvalue weighted by atomic mass is 32.2. The SMILES string of the molecule is CCC(CC)C(=O)N=C1S[C@H]2CS(=O)(=O)C[C@@H]2N1c1ccc(Oc2ccccc2)cc1. The minimum Gasteiger partial charge on any atom is -0.457 e. The normalized spacial score (nSPS) is 23.3. The highest BCUT2D eigenvalue weighted by Gasteiger charge is 2.49. The number of rotatable bonds is 6. The number of carbonyl (C=O) groups is 1. The molecule has 0 saturated carbocycles. The van der Waals surface area contributed by atoms with Gasteiger partial charge in [0, 0.05) is 16.9 Å². The van der Waals surface area contributed by atoms with Gasteiger partial charge >= 0.3 is 0 Å². The predicted octanol–water partition coefficient (Wildman–Crippen LogP) is 4.52. The van der Waals surface area contributed by atoms with Gasteiger partial charge < -0.3 is 9.64 Å². The molecule has 31 heavy (non-hydrogen) atoms. The Bertz CT molecular complexity index is 1060. The summed E-state index contributed by atoms with van der Waals surface area (Å²) in [5.41, 5.74) is 0.814. The van der Waals surface area contributed by atoms with Crippen LogP contribution in [0.2, 0.25) is 0 Å². The number of hydrogen-bond acceptors (Lipinski definition) is 5. The molecule has 0 radical (unpaired) electrons. The van der Waals surface area contributed by atoms with Crippen LogP contribution in [0.5, 0.6) is 11.5 Å². The van der Waals surface area contributed by atoms with Gasteiger partial charge in [-0.05, 0) is 49.2 Å². The largest absolute Gasteiger partial charge is 0.457 e. The van der Waals surface area contributed by atoms with Gasteiger partial charge in [-0.2, -0.15) is 4.99 Å². The molecule has 8 heteroatoms. The van der Waals surface area contributed by atoms with E-state index in [4.69, 9.17) is 4.74 Å². The van der Waals surface area contributed by atoms with Crippen LogP contribution in [-0.2, 0) is 14.6 Å². The van der Waals surface area contributed by atoms with Crippen molar-refractivity contribution in [1.29, 1.82) is 0 Å². The smallest absolute Gasteiger partial charge is 0.251 e. The van der Waals surface area contributed by atoms with E-state index in [1.807, 2.05) is 73.3 Å². The molecule has 2 aromatic rings. The number of aliphatic imine (C=N–C) groups is 1. The van der Waals surface area contributed by atoms with E-state index < -0.39 is 9.84 Å². The fraction of sp³-hybridized carbons (Fsp3) is 0.391. The third-order valence-electron chi connectivity index (χ3n) is 5.70. The monoisotopic (exact) mass is 458 g/mol. The first-order chi connectivity index (χ1) is 14.9. The van der Waals surface area contributed by atoms with Crippen molar-refractivity contribution in [3.63, 3.8) is 0 Å². The van der Waals surface area contributed by atoms with Crippen molar-refractivity contribution in [2.24, 2.45) is 10.9 Å². The number of sulfone groups is 1. The molecule has 0 spiro atoms. The zero-order valence-corrected chi connectivity index (χ0v) is 19.2. The van der Waals surface area contributed by atoms with Crippen LogP contribution in [0.15, 0.2) is 59.6 Å². The second-order valence-corrected chi connectivity index (χ2v) is 11.2. The Balaban J connectivity index is 1.62. The molecular formula is C23H26N2O4S2. The number of carbonyl (C=O) groups excluding carboxylic acids is 1. The molecule has 2 atom stereocenters. The number of hydrogen-bond donors (Lipinski definition) is 0. The van der Waals surface area contributed by atoms with Crippen molar-refractivity contribution in [3.8, 4) is 11.5 Å². The van der Waals surface area contributed by atoms with E-state index in [0.717, 1.165) is 24.3 Å². The molecule has 2 heterocycles. The molecule has 2 aliphatic heterocycles. The Hall–Kier alpha value is -2.32. The van der Waals surface area contributed by atoms with Gasteiger partial charge in [0.25, 0.3) is 5.91 Å². The molecule has 0 aromatic heterocycles. The topological polar surface area (TPSA) is 76.0 Å². The molecule has 2 saturated heterocycles. The first kappa shape index (κ1) is 21.9. The Kier molecular flexibility index (Phi) is 6.39. The average molecular weight is 459 g/mol. The quantitative estimate of drug-likeness (QED) is 0.634. The van der Waals surface area contributed by atoms with Crippen molar-refractivity contribution >= 4 is 38.4 Å². The third-order valence-corrected chi connectivity index (χ3v) is 8.91. The lowest BCUT2D eigenvalue weighted by Gasteiger charge is -2.25. The summed E-state index contributed by atoms with van der Waals surface area (Å²) in [6, 6.07) is 16.8. The van der Waals surface area contributed by atoms with E-state index in [1.54, 1.807) is 0 Å². The molecule has 0 aliphatic carbocycles. The molecule has 2 fully saturated rings. The van der Waals surface area contributed by atoms with E-state index in [0.29, 0.717) is 10.9 Å². The Morgan fingerprint density at radius 3 is 2.35 bits per heavy atom. The summed E-state index contributed by atoms with van der Waals surface area (Å²) in [5, 5.41) is 0.483. The highest BCUT2D eigenvalue weighted by Crippen LogP contribution is 2.41. The second-order valence-electron chi connectivity index (χ2n) is 7.83. The zero-order valence-electron chi connectivity index (χ0n) is 17.6. The predicted molar refractivity (Wildman–Crippen MR) is 126 cm³/mol. The zero-order chi connectivity index (χ0) is 22.0.